The van der Waals surface area contributed by atoms with E-state index >= 15 is 0 Å². The maximum Gasteiger partial charge on any atom is 2.00 e. The first-order chi connectivity index (χ1) is 19.8. The molecule has 0 spiro atoms. The van der Waals surface area contributed by atoms with Crippen LogP contribution in [0.2, 0.25) is 0 Å². The van der Waals surface area contributed by atoms with Crippen LogP contribution in [0.25, 0.3) is 89.7 Å². The first kappa shape index (κ1) is 27.9. The number of benzene rings is 4. The molecule has 3 aromatic heterocycles. The Morgan fingerprint density at radius 3 is 0.814 bits per heavy atom. The standard InChI is InChI=1S/C32H16N8.2CH4.Cu/c1-2-10-18-17(9-1)25-33-26(18)38-28-21-13-5-6-14-22(21)30(35-28)40-32-24-16-8-7-15-23(24)31(36-32)39-29-20-12-4-3-11-19(20)27(34-29)37-25;;;/h1-16H;2*1H4;/q-2;;;+2. The van der Waals surface area contributed by atoms with E-state index in [2.05, 4.69) is 0 Å². The van der Waals surface area contributed by atoms with E-state index < -0.39 is 0 Å². The second-order valence-electron chi connectivity index (χ2n) is 9.67. The normalized spacial score (nSPS) is 11.2. The third-order valence-electron chi connectivity index (χ3n) is 7.33. The molecule has 8 nitrogen and oxygen atoms in total. The van der Waals surface area contributed by atoms with Gasteiger partial charge in [0, 0.05) is 44.8 Å². The Hall–Kier alpha value is -5.24. The molecule has 0 fully saturated rings. The molecule has 0 saturated heterocycles. The minimum Gasteiger partial charge on any atom is -0.357 e. The molecule has 4 aromatic carbocycles. The summed E-state index contributed by atoms with van der Waals surface area (Å²) in [4.78, 5) is 39.3. The zero-order valence-corrected chi connectivity index (χ0v) is 22.1. The van der Waals surface area contributed by atoms with Crippen LogP contribution >= 0.6 is 0 Å². The monoisotopic (exact) mass is 607 g/mol. The zero-order valence-electron chi connectivity index (χ0n) is 21.1. The molecule has 0 saturated carbocycles. The van der Waals surface area contributed by atoms with Crippen LogP contribution in [0.5, 0.6) is 0 Å². The average Bonchev–Trinajstić information content (AvgIpc) is 3.73. The third kappa shape index (κ3) is 4.21. The predicted molar refractivity (Wildman–Crippen MR) is 167 cm³/mol. The van der Waals surface area contributed by atoms with Crippen LogP contribution < -0.4 is 9.97 Å². The van der Waals surface area contributed by atoms with Gasteiger partial charge in [-0.3, -0.25) is 0 Å². The van der Waals surface area contributed by atoms with Crippen LogP contribution in [0.3, 0.4) is 0 Å². The molecule has 5 heterocycles. The molecule has 0 unspecified atom stereocenters. The average molecular weight is 608 g/mol. The number of rotatable bonds is 0. The molecule has 9 heteroatoms. The molecule has 43 heavy (non-hydrogen) atoms. The summed E-state index contributed by atoms with van der Waals surface area (Å²) in [6.07, 6.45) is 0. The molecule has 7 aromatic rings. The van der Waals surface area contributed by atoms with E-state index in [1.54, 1.807) is 0 Å². The van der Waals surface area contributed by atoms with E-state index in [1.165, 1.54) is 0 Å². The molecule has 2 aliphatic rings. The second kappa shape index (κ2) is 10.5. The summed E-state index contributed by atoms with van der Waals surface area (Å²) in [5.41, 5.74) is 5.78. The van der Waals surface area contributed by atoms with Gasteiger partial charge in [-0.05, 0) is 21.5 Å². The zero-order chi connectivity index (χ0) is 26.2. The van der Waals surface area contributed by atoms with Gasteiger partial charge in [-0.1, -0.05) is 112 Å². The molecule has 0 N–H and O–H groups in total. The number of hydrogen-bond acceptors (Lipinski definition) is 6. The van der Waals surface area contributed by atoms with E-state index in [4.69, 9.17) is 39.9 Å². The molecule has 1 radical (unpaired) electrons. The van der Waals surface area contributed by atoms with Crippen molar-refractivity contribution in [3.05, 3.63) is 97.1 Å². The Morgan fingerprint density at radius 1 is 0.326 bits per heavy atom. The van der Waals surface area contributed by atoms with E-state index in [9.17, 15) is 0 Å². The summed E-state index contributed by atoms with van der Waals surface area (Å²) < 4.78 is 0. The summed E-state index contributed by atoms with van der Waals surface area (Å²) in [5, 5.41) is 3.57. The topological polar surface area (TPSA) is 106 Å². The van der Waals surface area contributed by atoms with Gasteiger partial charge in [-0.15, -0.1) is 0 Å². The Morgan fingerprint density at radius 2 is 0.558 bits per heavy atom. The summed E-state index contributed by atoms with van der Waals surface area (Å²) >= 11 is 0. The van der Waals surface area contributed by atoms with Crippen LogP contribution in [0.1, 0.15) is 14.9 Å². The van der Waals surface area contributed by atoms with Crippen molar-refractivity contribution in [2.45, 2.75) is 14.9 Å². The molecule has 0 aliphatic carbocycles. The van der Waals surface area contributed by atoms with Crippen molar-refractivity contribution in [1.29, 1.82) is 0 Å². The van der Waals surface area contributed by atoms with Gasteiger partial charge in [0.25, 0.3) is 0 Å². The number of nitrogens with zero attached hydrogens (tertiary/aromatic N) is 8. The van der Waals surface area contributed by atoms with E-state index in [0.29, 0.717) is 45.9 Å². The van der Waals surface area contributed by atoms with Gasteiger partial charge in [0.1, 0.15) is 0 Å². The second-order valence-corrected chi connectivity index (χ2v) is 9.67. The fourth-order valence-corrected chi connectivity index (χ4v) is 5.46. The summed E-state index contributed by atoms with van der Waals surface area (Å²) in [6.45, 7) is 0. The van der Waals surface area contributed by atoms with Crippen molar-refractivity contribution < 1.29 is 17.1 Å². The van der Waals surface area contributed by atoms with Crippen molar-refractivity contribution >= 4 is 44.1 Å². The van der Waals surface area contributed by atoms with Crippen molar-refractivity contribution in [2.24, 2.45) is 0 Å². The number of hydrogen-bond donors (Lipinski definition) is 0. The molecule has 0 amide bonds. The fourth-order valence-electron chi connectivity index (χ4n) is 5.46. The van der Waals surface area contributed by atoms with E-state index in [0.717, 1.165) is 43.8 Å². The molecule has 2 aliphatic heterocycles. The molecular formula is C34H24CuN8. The minimum absolute atomic E-state index is 0. The van der Waals surface area contributed by atoms with Crippen LogP contribution in [-0.2, 0) is 17.1 Å². The van der Waals surface area contributed by atoms with Gasteiger partial charge >= 0.3 is 17.1 Å². The van der Waals surface area contributed by atoms with Crippen molar-refractivity contribution in [3.8, 4) is 45.6 Å². The Labute approximate surface area is 257 Å². The fraction of sp³-hybridized carbons (Fsp3) is 0.0588. The van der Waals surface area contributed by atoms with Gasteiger partial charge in [0.15, 0.2) is 0 Å². The Bertz CT molecular complexity index is 2030. The van der Waals surface area contributed by atoms with Crippen LogP contribution in [0, 0.1) is 0 Å². The van der Waals surface area contributed by atoms with E-state index in [-0.39, 0.29) is 31.9 Å². The molecular weight excluding hydrogens is 584 g/mol. The SMILES string of the molecule is C.C.[Cu+2].c1ccc2c(c1)-c1nc-2nc2[n-]c(nc3nc(nc4[n-]c(n1)c1ccccc41)-c1ccccc1-3)c1ccccc21. The van der Waals surface area contributed by atoms with Gasteiger partial charge in [0.05, 0.1) is 23.3 Å². The maximum absolute atomic E-state index is 4.95. The van der Waals surface area contributed by atoms with Crippen molar-refractivity contribution in [2.75, 3.05) is 0 Å². The summed E-state index contributed by atoms with van der Waals surface area (Å²) in [7, 11) is 0. The van der Waals surface area contributed by atoms with Crippen LogP contribution in [-0.4, -0.2) is 29.9 Å². The quantitative estimate of drug-likeness (QED) is 0.164. The van der Waals surface area contributed by atoms with E-state index in [1.807, 2.05) is 97.1 Å². The van der Waals surface area contributed by atoms with Gasteiger partial charge in [-0.25, -0.2) is 9.97 Å². The number of aromatic nitrogens is 8. The molecule has 0 atom stereocenters. The molecule has 9 rings (SSSR count). The summed E-state index contributed by atoms with van der Waals surface area (Å²) in [5.74, 6) is 2.21. The first-order valence-electron chi connectivity index (χ1n) is 12.9. The smallest absolute Gasteiger partial charge is 0.357 e. The van der Waals surface area contributed by atoms with Gasteiger partial charge in [-0.2, -0.15) is 0 Å². The molecule has 211 valence electrons. The van der Waals surface area contributed by atoms with Crippen LogP contribution in [0.4, 0.5) is 0 Å². The van der Waals surface area contributed by atoms with Gasteiger partial charge < -0.3 is 29.9 Å². The third-order valence-corrected chi connectivity index (χ3v) is 7.33. The number of fused-ring (bicyclic) bond motifs is 20. The first-order valence-corrected chi connectivity index (χ1v) is 12.9. The summed E-state index contributed by atoms with van der Waals surface area (Å²) in [6, 6.07) is 31.8. The molecule has 8 bridgehead atoms. The Kier molecular flexibility index (Phi) is 6.84. The maximum atomic E-state index is 4.95. The predicted octanol–water partition coefficient (Wildman–Crippen LogP) is 7.40. The minimum atomic E-state index is 0. The van der Waals surface area contributed by atoms with Gasteiger partial charge in [0.2, 0.25) is 0 Å². The van der Waals surface area contributed by atoms with Crippen molar-refractivity contribution in [1.82, 2.24) is 39.9 Å². The Balaban J connectivity index is 0.00000110. The van der Waals surface area contributed by atoms with Crippen LogP contribution in [0.15, 0.2) is 97.1 Å². The largest absolute Gasteiger partial charge is 2.00 e. The van der Waals surface area contributed by atoms with Crippen molar-refractivity contribution in [3.63, 3.8) is 0 Å².